The Hall–Kier alpha value is -2.02. The number of benzene rings is 1. The molecule has 20 heavy (non-hydrogen) atoms. The molecular weight excluding hydrogens is 297 g/mol. The molecule has 0 saturated heterocycles. The number of halogens is 4. The minimum absolute atomic E-state index is 0.0644. The van der Waals surface area contributed by atoms with Crippen LogP contribution in [-0.4, -0.2) is 9.13 Å². The van der Waals surface area contributed by atoms with Gasteiger partial charge in [0.1, 0.15) is 5.15 Å². The molecule has 0 radical (unpaired) electrons. The van der Waals surface area contributed by atoms with E-state index in [1.807, 2.05) is 0 Å². The number of alkyl halides is 3. The van der Waals surface area contributed by atoms with Crippen LogP contribution in [0.5, 0.6) is 0 Å². The fourth-order valence-corrected chi connectivity index (χ4v) is 1.92. The van der Waals surface area contributed by atoms with Gasteiger partial charge in [-0.3, -0.25) is 13.9 Å². The minimum Gasteiger partial charge on any atom is -0.269 e. The van der Waals surface area contributed by atoms with Crippen molar-refractivity contribution in [1.29, 1.82) is 0 Å². The van der Waals surface area contributed by atoms with Crippen LogP contribution in [0.3, 0.4) is 0 Å². The van der Waals surface area contributed by atoms with Crippen molar-refractivity contribution in [1.82, 2.24) is 9.13 Å². The third kappa shape index (κ3) is 2.49. The minimum atomic E-state index is -4.53. The van der Waals surface area contributed by atoms with Gasteiger partial charge in [-0.15, -0.1) is 0 Å². The average Bonchev–Trinajstić information content (AvgIpc) is 2.35. The van der Waals surface area contributed by atoms with Crippen LogP contribution in [0.4, 0.5) is 13.2 Å². The quantitative estimate of drug-likeness (QED) is 0.758. The Kier molecular flexibility index (Phi) is 3.47. The Morgan fingerprint density at radius 3 is 2.40 bits per heavy atom. The Labute approximate surface area is 115 Å². The van der Waals surface area contributed by atoms with Gasteiger partial charge in [0.25, 0.3) is 5.56 Å². The molecule has 0 aliphatic heterocycles. The highest BCUT2D eigenvalue weighted by Gasteiger charge is 2.30. The number of rotatable bonds is 1. The fourth-order valence-electron chi connectivity index (χ4n) is 1.65. The van der Waals surface area contributed by atoms with E-state index in [0.29, 0.717) is 0 Å². The van der Waals surface area contributed by atoms with Gasteiger partial charge in [-0.2, -0.15) is 13.2 Å². The summed E-state index contributed by atoms with van der Waals surface area (Å²) < 4.78 is 39.5. The molecule has 4 nitrogen and oxygen atoms in total. The van der Waals surface area contributed by atoms with Crippen LogP contribution in [-0.2, 0) is 13.2 Å². The summed E-state index contributed by atoms with van der Waals surface area (Å²) in [7, 11) is 1.21. The molecule has 1 aromatic carbocycles. The van der Waals surface area contributed by atoms with E-state index in [1.54, 1.807) is 0 Å². The lowest BCUT2D eigenvalue weighted by Gasteiger charge is -2.12. The molecule has 1 heterocycles. The van der Waals surface area contributed by atoms with E-state index in [1.165, 1.54) is 13.1 Å². The van der Waals surface area contributed by atoms with Crippen molar-refractivity contribution in [2.75, 3.05) is 0 Å². The highest BCUT2D eigenvalue weighted by Crippen LogP contribution is 2.30. The van der Waals surface area contributed by atoms with Crippen molar-refractivity contribution in [3.8, 4) is 5.69 Å². The topological polar surface area (TPSA) is 44.0 Å². The number of nitrogens with zero attached hydrogens (tertiary/aromatic N) is 2. The van der Waals surface area contributed by atoms with Crippen LogP contribution >= 0.6 is 11.6 Å². The van der Waals surface area contributed by atoms with E-state index in [2.05, 4.69) is 0 Å². The van der Waals surface area contributed by atoms with Crippen LogP contribution in [0.1, 0.15) is 5.56 Å². The summed E-state index contributed by atoms with van der Waals surface area (Å²) in [5.41, 5.74) is -2.43. The molecule has 0 amide bonds. The van der Waals surface area contributed by atoms with Crippen LogP contribution in [0, 0.1) is 0 Å². The van der Waals surface area contributed by atoms with Gasteiger partial charge >= 0.3 is 11.9 Å². The average molecular weight is 305 g/mol. The summed E-state index contributed by atoms with van der Waals surface area (Å²) in [5.74, 6) is 0. The number of hydrogen-bond acceptors (Lipinski definition) is 2. The molecule has 0 N–H and O–H groups in total. The van der Waals surface area contributed by atoms with Crippen molar-refractivity contribution in [2.45, 2.75) is 6.18 Å². The van der Waals surface area contributed by atoms with Gasteiger partial charge in [0.2, 0.25) is 0 Å². The second kappa shape index (κ2) is 4.82. The predicted molar refractivity (Wildman–Crippen MR) is 67.3 cm³/mol. The summed E-state index contributed by atoms with van der Waals surface area (Å²) in [4.78, 5) is 23.3. The van der Waals surface area contributed by atoms with E-state index >= 15 is 0 Å². The first kappa shape index (κ1) is 14.4. The molecule has 2 aromatic rings. The highest BCUT2D eigenvalue weighted by atomic mass is 35.5. The summed E-state index contributed by atoms with van der Waals surface area (Å²) in [6.45, 7) is 0. The van der Waals surface area contributed by atoms with Crippen molar-refractivity contribution < 1.29 is 13.2 Å². The third-order valence-corrected chi connectivity index (χ3v) is 2.97. The SMILES string of the molecule is Cn1c(=O)cc(Cl)n(-c2cccc(C(F)(F)F)c2)c1=O. The zero-order valence-electron chi connectivity index (χ0n) is 10.1. The van der Waals surface area contributed by atoms with E-state index in [-0.39, 0.29) is 10.8 Å². The Balaban J connectivity index is 2.74. The zero-order chi connectivity index (χ0) is 15.1. The van der Waals surface area contributed by atoms with Gasteiger partial charge in [0, 0.05) is 13.1 Å². The molecule has 0 aliphatic rings. The van der Waals surface area contributed by atoms with Gasteiger partial charge in [0.05, 0.1) is 11.3 Å². The number of aromatic nitrogens is 2. The Morgan fingerprint density at radius 2 is 1.80 bits per heavy atom. The molecule has 0 aliphatic carbocycles. The van der Waals surface area contributed by atoms with Crippen LogP contribution in [0.2, 0.25) is 5.15 Å². The molecule has 1 aromatic heterocycles. The largest absolute Gasteiger partial charge is 0.416 e. The monoisotopic (exact) mass is 304 g/mol. The Bertz CT molecular complexity index is 777. The van der Waals surface area contributed by atoms with Crippen molar-refractivity contribution >= 4 is 11.6 Å². The van der Waals surface area contributed by atoms with Gasteiger partial charge in [-0.25, -0.2) is 4.79 Å². The van der Waals surface area contributed by atoms with Crippen LogP contribution < -0.4 is 11.2 Å². The molecule has 0 fully saturated rings. The van der Waals surface area contributed by atoms with Crippen molar-refractivity contribution in [2.24, 2.45) is 7.05 Å². The molecule has 0 atom stereocenters. The van der Waals surface area contributed by atoms with Crippen LogP contribution in [0.15, 0.2) is 39.9 Å². The van der Waals surface area contributed by atoms with E-state index < -0.39 is 23.0 Å². The first-order valence-corrected chi connectivity index (χ1v) is 5.76. The molecule has 0 spiro atoms. The molecular formula is C12H8ClF3N2O2. The number of hydrogen-bond donors (Lipinski definition) is 0. The highest BCUT2D eigenvalue weighted by molar-refractivity contribution is 6.29. The molecule has 106 valence electrons. The maximum Gasteiger partial charge on any atom is 0.416 e. The maximum absolute atomic E-state index is 12.7. The van der Waals surface area contributed by atoms with E-state index in [4.69, 9.17) is 11.6 Å². The maximum atomic E-state index is 12.7. The van der Waals surface area contributed by atoms with Gasteiger partial charge in [-0.1, -0.05) is 17.7 Å². The summed E-state index contributed by atoms with van der Waals surface area (Å²) >= 11 is 5.78. The summed E-state index contributed by atoms with van der Waals surface area (Å²) in [6.07, 6.45) is -4.53. The van der Waals surface area contributed by atoms with E-state index in [9.17, 15) is 22.8 Å². The zero-order valence-corrected chi connectivity index (χ0v) is 10.9. The molecule has 0 unspecified atom stereocenters. The third-order valence-electron chi connectivity index (χ3n) is 2.70. The standard InChI is InChI=1S/C12H8ClF3N2O2/c1-17-10(19)6-9(13)18(11(17)20)8-4-2-3-7(5-8)12(14,15)16/h2-6H,1H3. The van der Waals surface area contributed by atoms with Gasteiger partial charge < -0.3 is 0 Å². The Morgan fingerprint density at radius 1 is 1.15 bits per heavy atom. The predicted octanol–water partition coefficient (Wildman–Crippen LogP) is 2.21. The lowest BCUT2D eigenvalue weighted by molar-refractivity contribution is -0.137. The fraction of sp³-hybridized carbons (Fsp3) is 0.167. The summed E-state index contributed by atoms with van der Waals surface area (Å²) in [5, 5.41) is -0.252. The lowest BCUT2D eigenvalue weighted by atomic mass is 10.2. The smallest absolute Gasteiger partial charge is 0.269 e. The molecule has 0 bridgehead atoms. The first-order chi connectivity index (χ1) is 9.21. The second-order valence-corrected chi connectivity index (χ2v) is 4.42. The van der Waals surface area contributed by atoms with Crippen molar-refractivity contribution in [3.05, 3.63) is 61.9 Å². The van der Waals surface area contributed by atoms with E-state index in [0.717, 1.165) is 33.4 Å². The van der Waals surface area contributed by atoms with Gasteiger partial charge in [-0.05, 0) is 18.2 Å². The first-order valence-electron chi connectivity index (χ1n) is 5.38. The molecule has 8 heteroatoms. The second-order valence-electron chi connectivity index (χ2n) is 4.03. The van der Waals surface area contributed by atoms with Crippen LogP contribution in [0.25, 0.3) is 5.69 Å². The summed E-state index contributed by atoms with van der Waals surface area (Å²) in [6, 6.07) is 5.09. The molecule has 0 saturated carbocycles. The normalized spacial score (nSPS) is 11.7. The van der Waals surface area contributed by atoms with Crippen molar-refractivity contribution in [3.63, 3.8) is 0 Å². The molecule has 2 rings (SSSR count). The lowest BCUT2D eigenvalue weighted by Crippen LogP contribution is -2.37. The van der Waals surface area contributed by atoms with Gasteiger partial charge in [0.15, 0.2) is 0 Å².